The molecule has 0 spiro atoms. The van der Waals surface area contributed by atoms with Crippen LogP contribution in [0.2, 0.25) is 10.0 Å². The molecule has 1 aromatic heterocycles. The predicted molar refractivity (Wildman–Crippen MR) is 118 cm³/mol. The van der Waals surface area contributed by atoms with Gasteiger partial charge in [-0.15, -0.1) is 0 Å². The highest BCUT2D eigenvalue weighted by molar-refractivity contribution is 6.42. The van der Waals surface area contributed by atoms with E-state index in [0.29, 0.717) is 10.0 Å². The molecule has 146 valence electrons. The molecule has 0 amide bonds. The lowest BCUT2D eigenvalue weighted by atomic mass is 9.93. The van der Waals surface area contributed by atoms with E-state index in [2.05, 4.69) is 28.1 Å². The molecule has 1 aliphatic heterocycles. The van der Waals surface area contributed by atoms with E-state index in [-0.39, 0.29) is 12.1 Å². The summed E-state index contributed by atoms with van der Waals surface area (Å²) >= 11 is 12.4. The van der Waals surface area contributed by atoms with Gasteiger partial charge in [-0.2, -0.15) is 0 Å². The summed E-state index contributed by atoms with van der Waals surface area (Å²) in [6, 6.07) is 22.5. The molecule has 5 rings (SSSR count). The lowest BCUT2D eigenvalue weighted by molar-refractivity contribution is 0.414. The molecule has 0 fully saturated rings. The first-order valence-corrected chi connectivity index (χ1v) is 10.2. The molecule has 0 aliphatic carbocycles. The zero-order valence-electron chi connectivity index (χ0n) is 15.8. The number of hydrogen-bond donors (Lipinski definition) is 1. The summed E-state index contributed by atoms with van der Waals surface area (Å²) in [5.74, 6) is 1.70. The van der Waals surface area contributed by atoms with Crippen LogP contribution in [0.1, 0.15) is 29.6 Å². The summed E-state index contributed by atoms with van der Waals surface area (Å²) in [6.07, 6.45) is 0.859. The lowest BCUT2D eigenvalue weighted by Gasteiger charge is -2.33. The third-order valence-electron chi connectivity index (χ3n) is 5.52. The second-order valence-corrected chi connectivity index (χ2v) is 8.00. The minimum Gasteiger partial charge on any atom is -0.497 e. The van der Waals surface area contributed by atoms with Crippen molar-refractivity contribution in [3.8, 4) is 5.75 Å². The van der Waals surface area contributed by atoms with Crippen molar-refractivity contribution in [3.05, 3.63) is 87.9 Å². The second kappa shape index (κ2) is 7.29. The van der Waals surface area contributed by atoms with E-state index in [0.717, 1.165) is 34.7 Å². The highest BCUT2D eigenvalue weighted by Gasteiger charge is 2.31. The Bertz CT molecular complexity index is 1190. The van der Waals surface area contributed by atoms with Gasteiger partial charge in [0.1, 0.15) is 5.75 Å². The summed E-state index contributed by atoms with van der Waals surface area (Å²) in [5.41, 5.74) is 4.39. The van der Waals surface area contributed by atoms with Gasteiger partial charge in [-0.25, -0.2) is 4.98 Å². The van der Waals surface area contributed by atoms with Crippen molar-refractivity contribution in [3.63, 3.8) is 0 Å². The first-order chi connectivity index (χ1) is 14.1. The van der Waals surface area contributed by atoms with Crippen molar-refractivity contribution in [1.29, 1.82) is 0 Å². The minimum absolute atomic E-state index is 0.0705. The Kier molecular flexibility index (Phi) is 4.61. The third kappa shape index (κ3) is 3.22. The number of nitrogens with one attached hydrogen (secondary N) is 1. The van der Waals surface area contributed by atoms with E-state index in [1.165, 1.54) is 5.56 Å². The maximum absolute atomic E-state index is 6.29. The second-order valence-electron chi connectivity index (χ2n) is 7.19. The summed E-state index contributed by atoms with van der Waals surface area (Å²) in [5, 5.41) is 4.72. The normalized spacial score (nSPS) is 18.3. The minimum atomic E-state index is 0.0705. The van der Waals surface area contributed by atoms with Crippen LogP contribution in [0, 0.1) is 0 Å². The molecule has 0 bridgehead atoms. The van der Waals surface area contributed by atoms with Gasteiger partial charge >= 0.3 is 0 Å². The number of benzene rings is 3. The van der Waals surface area contributed by atoms with Gasteiger partial charge in [-0.05, 0) is 53.9 Å². The molecule has 1 N–H and O–H groups in total. The zero-order chi connectivity index (χ0) is 20.0. The van der Waals surface area contributed by atoms with Crippen molar-refractivity contribution < 1.29 is 4.74 Å². The van der Waals surface area contributed by atoms with Gasteiger partial charge in [0.15, 0.2) is 0 Å². The van der Waals surface area contributed by atoms with Crippen molar-refractivity contribution >= 4 is 40.2 Å². The highest BCUT2D eigenvalue weighted by Crippen LogP contribution is 2.42. The van der Waals surface area contributed by atoms with Crippen LogP contribution < -0.4 is 10.1 Å². The van der Waals surface area contributed by atoms with Crippen LogP contribution in [0.15, 0.2) is 66.7 Å². The Labute approximate surface area is 179 Å². The molecule has 6 heteroatoms. The number of anilines is 1. The standard InChI is InChI=1S/C23H19Cl2N3O/c1-29-16-9-6-14(7-10-16)22-13-20(15-8-11-17(24)18(25)12-15)27-23-26-19-4-2-3-5-21(19)28(22)23/h2-12,20,22H,13H2,1H3,(H,26,27)/t20-,22-/m0/s1. The first-order valence-electron chi connectivity index (χ1n) is 9.46. The van der Waals surface area contributed by atoms with Crippen molar-refractivity contribution in [2.24, 2.45) is 0 Å². The van der Waals surface area contributed by atoms with E-state index >= 15 is 0 Å². The van der Waals surface area contributed by atoms with Crippen LogP contribution in [-0.4, -0.2) is 16.7 Å². The molecule has 0 saturated carbocycles. The Balaban J connectivity index is 1.63. The summed E-state index contributed by atoms with van der Waals surface area (Å²) in [4.78, 5) is 4.85. The average molecular weight is 424 g/mol. The maximum Gasteiger partial charge on any atom is 0.204 e. The van der Waals surface area contributed by atoms with Gasteiger partial charge in [0.2, 0.25) is 5.95 Å². The maximum atomic E-state index is 6.29. The fraction of sp³-hybridized carbons (Fsp3) is 0.174. The molecule has 4 aromatic rings. The molecule has 2 heterocycles. The van der Waals surface area contributed by atoms with Gasteiger partial charge < -0.3 is 14.6 Å². The molecule has 0 saturated heterocycles. The van der Waals surface area contributed by atoms with Gasteiger partial charge in [0, 0.05) is 0 Å². The Hall–Kier alpha value is -2.69. The summed E-state index contributed by atoms with van der Waals surface area (Å²) in [6.45, 7) is 0. The van der Waals surface area contributed by atoms with E-state index < -0.39 is 0 Å². The Morgan fingerprint density at radius 1 is 0.966 bits per heavy atom. The molecule has 0 radical (unpaired) electrons. The summed E-state index contributed by atoms with van der Waals surface area (Å²) in [7, 11) is 1.68. The van der Waals surface area contributed by atoms with Crippen LogP contribution in [0.25, 0.3) is 11.0 Å². The van der Waals surface area contributed by atoms with Crippen LogP contribution in [0.5, 0.6) is 5.75 Å². The number of para-hydroxylation sites is 2. The van der Waals surface area contributed by atoms with Crippen molar-refractivity contribution in [2.75, 3.05) is 12.4 Å². The Morgan fingerprint density at radius 2 is 1.72 bits per heavy atom. The number of aromatic nitrogens is 2. The zero-order valence-corrected chi connectivity index (χ0v) is 17.3. The molecule has 0 unspecified atom stereocenters. The van der Waals surface area contributed by atoms with Gasteiger partial charge in [-0.1, -0.05) is 53.5 Å². The third-order valence-corrected chi connectivity index (χ3v) is 6.26. The molecule has 3 aromatic carbocycles. The number of hydrogen-bond acceptors (Lipinski definition) is 3. The van der Waals surface area contributed by atoms with Crippen LogP contribution >= 0.6 is 23.2 Å². The fourth-order valence-corrected chi connectivity index (χ4v) is 4.37. The number of fused-ring (bicyclic) bond motifs is 3. The SMILES string of the molecule is COc1ccc([C@@H]2C[C@@H](c3ccc(Cl)c(Cl)c3)Nc3nc4ccccc4n32)cc1. The lowest BCUT2D eigenvalue weighted by Crippen LogP contribution is -2.27. The van der Waals surface area contributed by atoms with Crippen molar-refractivity contribution in [2.45, 2.75) is 18.5 Å². The highest BCUT2D eigenvalue weighted by atomic mass is 35.5. The number of imidazole rings is 1. The van der Waals surface area contributed by atoms with Crippen molar-refractivity contribution in [1.82, 2.24) is 9.55 Å². The van der Waals surface area contributed by atoms with Crippen LogP contribution in [-0.2, 0) is 0 Å². The molecular weight excluding hydrogens is 405 g/mol. The fourth-order valence-electron chi connectivity index (χ4n) is 4.06. The average Bonchev–Trinajstić information content (AvgIpc) is 3.13. The van der Waals surface area contributed by atoms with E-state index in [9.17, 15) is 0 Å². The number of ether oxygens (including phenoxy) is 1. The Morgan fingerprint density at radius 3 is 2.48 bits per heavy atom. The largest absolute Gasteiger partial charge is 0.497 e. The molecule has 4 nitrogen and oxygen atoms in total. The summed E-state index contributed by atoms with van der Waals surface area (Å²) < 4.78 is 7.62. The van der Waals surface area contributed by atoms with E-state index in [4.69, 9.17) is 32.9 Å². The van der Waals surface area contributed by atoms with E-state index in [1.807, 2.05) is 48.5 Å². The molecule has 2 atom stereocenters. The quantitative estimate of drug-likeness (QED) is 0.408. The number of rotatable bonds is 3. The van der Waals surface area contributed by atoms with Gasteiger partial charge in [-0.3, -0.25) is 0 Å². The first kappa shape index (κ1) is 18.3. The molecule has 1 aliphatic rings. The topological polar surface area (TPSA) is 39.1 Å². The monoisotopic (exact) mass is 423 g/mol. The molecular formula is C23H19Cl2N3O. The van der Waals surface area contributed by atoms with Crippen LogP contribution in [0.3, 0.4) is 0 Å². The van der Waals surface area contributed by atoms with E-state index in [1.54, 1.807) is 7.11 Å². The predicted octanol–water partition coefficient (Wildman–Crippen LogP) is 6.50. The number of halogens is 2. The smallest absolute Gasteiger partial charge is 0.204 e. The number of methoxy groups -OCH3 is 1. The van der Waals surface area contributed by atoms with Crippen LogP contribution in [0.4, 0.5) is 5.95 Å². The van der Waals surface area contributed by atoms with Gasteiger partial charge in [0.05, 0.1) is 40.3 Å². The van der Waals surface area contributed by atoms with Gasteiger partial charge in [0.25, 0.3) is 0 Å². The number of nitrogens with zero attached hydrogens (tertiary/aromatic N) is 2. The molecule has 29 heavy (non-hydrogen) atoms.